The second-order valence-electron chi connectivity index (χ2n) is 3.82. The molecule has 5 heteroatoms. The van der Waals surface area contributed by atoms with Crippen LogP contribution in [0.1, 0.15) is 30.8 Å². The molecule has 0 saturated carbocycles. The Labute approximate surface area is 93.5 Å². The van der Waals surface area contributed by atoms with Gasteiger partial charge in [0.1, 0.15) is 11.5 Å². The first kappa shape index (κ1) is 12.6. The van der Waals surface area contributed by atoms with Crippen LogP contribution in [0, 0.1) is 5.82 Å². The smallest absolute Gasteiger partial charge is 0.270 e. The Hall–Kier alpha value is -1.49. The summed E-state index contributed by atoms with van der Waals surface area (Å²) in [5, 5.41) is 11.8. The van der Waals surface area contributed by atoms with Gasteiger partial charge in [-0.3, -0.25) is 4.79 Å². The Kier molecular flexibility index (Phi) is 4.37. The van der Waals surface area contributed by atoms with Crippen LogP contribution in [0.25, 0.3) is 0 Å². The molecule has 88 valence electrons. The molecule has 16 heavy (non-hydrogen) atoms. The van der Waals surface area contributed by atoms with Crippen molar-refractivity contribution in [2.24, 2.45) is 0 Å². The number of aliphatic hydroxyl groups is 1. The first-order valence-electron chi connectivity index (χ1n) is 5.09. The number of nitrogens with one attached hydrogen (secondary N) is 1. The van der Waals surface area contributed by atoms with Gasteiger partial charge in [0.2, 0.25) is 0 Å². The number of hydrogen-bond acceptors (Lipinski definition) is 3. The molecule has 0 aliphatic rings. The van der Waals surface area contributed by atoms with Crippen molar-refractivity contribution in [3.05, 3.63) is 29.8 Å². The number of nitrogens with zero attached hydrogens (tertiary/aromatic N) is 1. The van der Waals surface area contributed by atoms with Crippen molar-refractivity contribution >= 4 is 5.91 Å². The molecule has 0 fully saturated rings. The summed E-state index contributed by atoms with van der Waals surface area (Å²) in [5.74, 6) is -0.846. The summed E-state index contributed by atoms with van der Waals surface area (Å²) in [6, 6.07) is 2.35. The molecule has 0 aliphatic heterocycles. The summed E-state index contributed by atoms with van der Waals surface area (Å²) >= 11 is 0. The summed E-state index contributed by atoms with van der Waals surface area (Å²) < 4.78 is 12.6. The van der Waals surface area contributed by atoms with Crippen molar-refractivity contribution in [3.8, 4) is 0 Å². The minimum atomic E-state index is -0.478. The lowest BCUT2D eigenvalue weighted by atomic mass is 10.1. The van der Waals surface area contributed by atoms with E-state index >= 15 is 0 Å². The Bertz CT molecular complexity index is 352. The number of halogens is 1. The standard InChI is InChI=1S/C11H15FN2O2/c1-7(5-8(2)15)14-11(16)10-4-3-9(12)6-13-10/h3-4,6-8,15H,5H2,1-2H3,(H,14,16). The number of carbonyl (C=O) groups is 1. The molecule has 0 spiro atoms. The van der Waals surface area contributed by atoms with E-state index in [4.69, 9.17) is 5.11 Å². The van der Waals surface area contributed by atoms with Crippen LogP contribution in [-0.4, -0.2) is 28.1 Å². The lowest BCUT2D eigenvalue weighted by molar-refractivity contribution is 0.0918. The predicted octanol–water partition coefficient (Wildman–Crippen LogP) is 1.11. The highest BCUT2D eigenvalue weighted by molar-refractivity contribution is 5.92. The molecule has 0 bridgehead atoms. The molecule has 4 nitrogen and oxygen atoms in total. The maximum absolute atomic E-state index is 12.6. The van der Waals surface area contributed by atoms with Crippen LogP contribution in [0.2, 0.25) is 0 Å². The third-order valence-corrected chi connectivity index (χ3v) is 2.03. The molecule has 1 heterocycles. The molecular weight excluding hydrogens is 211 g/mol. The summed E-state index contributed by atoms with van der Waals surface area (Å²) in [6.07, 6.45) is 0.984. The number of amides is 1. The highest BCUT2D eigenvalue weighted by Crippen LogP contribution is 2.01. The molecule has 0 aliphatic carbocycles. The van der Waals surface area contributed by atoms with Gasteiger partial charge in [0.05, 0.1) is 12.3 Å². The van der Waals surface area contributed by atoms with Gasteiger partial charge in [-0.15, -0.1) is 0 Å². The zero-order valence-corrected chi connectivity index (χ0v) is 9.27. The fraction of sp³-hybridized carbons (Fsp3) is 0.455. The normalized spacial score (nSPS) is 14.2. The Balaban J connectivity index is 2.55. The molecular formula is C11H15FN2O2. The highest BCUT2D eigenvalue weighted by Gasteiger charge is 2.12. The van der Waals surface area contributed by atoms with Crippen LogP contribution in [0.5, 0.6) is 0 Å². The van der Waals surface area contributed by atoms with E-state index in [-0.39, 0.29) is 17.6 Å². The van der Waals surface area contributed by atoms with Gasteiger partial charge in [0.15, 0.2) is 0 Å². The van der Waals surface area contributed by atoms with Crippen molar-refractivity contribution in [1.29, 1.82) is 0 Å². The van der Waals surface area contributed by atoms with E-state index in [0.29, 0.717) is 6.42 Å². The van der Waals surface area contributed by atoms with Crippen LogP contribution < -0.4 is 5.32 Å². The summed E-state index contributed by atoms with van der Waals surface area (Å²) in [5.41, 5.74) is 0.166. The third-order valence-electron chi connectivity index (χ3n) is 2.03. The van der Waals surface area contributed by atoms with Gasteiger partial charge >= 0.3 is 0 Å². The lowest BCUT2D eigenvalue weighted by Gasteiger charge is -2.14. The lowest BCUT2D eigenvalue weighted by Crippen LogP contribution is -2.35. The molecule has 1 amide bonds. The number of hydrogen-bond donors (Lipinski definition) is 2. The van der Waals surface area contributed by atoms with E-state index in [1.807, 2.05) is 0 Å². The largest absolute Gasteiger partial charge is 0.393 e. The van der Waals surface area contributed by atoms with E-state index in [1.165, 1.54) is 12.1 Å². The van der Waals surface area contributed by atoms with Crippen molar-refractivity contribution in [1.82, 2.24) is 10.3 Å². The second kappa shape index (κ2) is 5.55. The number of rotatable bonds is 4. The summed E-state index contributed by atoms with van der Waals surface area (Å²) in [7, 11) is 0. The van der Waals surface area contributed by atoms with Crippen LogP contribution in [0.4, 0.5) is 4.39 Å². The summed E-state index contributed by atoms with van der Waals surface area (Å²) in [6.45, 7) is 3.44. The van der Waals surface area contributed by atoms with Gasteiger partial charge in [-0.1, -0.05) is 0 Å². The number of pyridine rings is 1. The SMILES string of the molecule is CC(O)CC(C)NC(=O)c1ccc(F)cn1. The zero-order valence-electron chi connectivity index (χ0n) is 9.27. The molecule has 1 aromatic heterocycles. The number of aromatic nitrogens is 1. The zero-order chi connectivity index (χ0) is 12.1. The number of aliphatic hydroxyl groups excluding tert-OH is 1. The molecule has 2 unspecified atom stereocenters. The predicted molar refractivity (Wildman–Crippen MR) is 57.4 cm³/mol. The van der Waals surface area contributed by atoms with Crippen LogP contribution in [0.15, 0.2) is 18.3 Å². The molecule has 2 atom stereocenters. The highest BCUT2D eigenvalue weighted by atomic mass is 19.1. The topological polar surface area (TPSA) is 62.2 Å². The van der Waals surface area contributed by atoms with Crippen molar-refractivity contribution in [2.75, 3.05) is 0 Å². The first-order valence-corrected chi connectivity index (χ1v) is 5.09. The maximum Gasteiger partial charge on any atom is 0.270 e. The van der Waals surface area contributed by atoms with Crippen LogP contribution in [-0.2, 0) is 0 Å². The molecule has 0 aromatic carbocycles. The first-order chi connectivity index (χ1) is 7.49. The van der Waals surface area contributed by atoms with Crippen molar-refractivity contribution in [2.45, 2.75) is 32.4 Å². The molecule has 1 aromatic rings. The fourth-order valence-electron chi connectivity index (χ4n) is 1.38. The van der Waals surface area contributed by atoms with E-state index in [9.17, 15) is 9.18 Å². The third kappa shape index (κ3) is 3.94. The quantitative estimate of drug-likeness (QED) is 0.808. The molecule has 1 rings (SSSR count). The van der Waals surface area contributed by atoms with Gasteiger partial charge in [-0.25, -0.2) is 9.37 Å². The van der Waals surface area contributed by atoms with Gasteiger partial charge in [0.25, 0.3) is 5.91 Å². The Morgan fingerprint density at radius 1 is 1.56 bits per heavy atom. The van der Waals surface area contributed by atoms with E-state index in [1.54, 1.807) is 13.8 Å². The second-order valence-corrected chi connectivity index (χ2v) is 3.82. The van der Waals surface area contributed by atoms with E-state index in [2.05, 4.69) is 10.3 Å². The van der Waals surface area contributed by atoms with Gasteiger partial charge < -0.3 is 10.4 Å². The maximum atomic E-state index is 12.6. The monoisotopic (exact) mass is 226 g/mol. The van der Waals surface area contributed by atoms with E-state index in [0.717, 1.165) is 6.20 Å². The van der Waals surface area contributed by atoms with Gasteiger partial charge in [-0.05, 0) is 32.4 Å². The van der Waals surface area contributed by atoms with Crippen LogP contribution >= 0.6 is 0 Å². The Morgan fingerprint density at radius 3 is 2.75 bits per heavy atom. The minimum absolute atomic E-state index is 0.153. The van der Waals surface area contributed by atoms with Gasteiger partial charge in [-0.2, -0.15) is 0 Å². The van der Waals surface area contributed by atoms with Crippen LogP contribution in [0.3, 0.4) is 0 Å². The fourth-order valence-corrected chi connectivity index (χ4v) is 1.38. The van der Waals surface area contributed by atoms with Gasteiger partial charge in [0, 0.05) is 6.04 Å². The average molecular weight is 226 g/mol. The Morgan fingerprint density at radius 2 is 2.25 bits per heavy atom. The number of carbonyl (C=O) groups excluding carboxylic acids is 1. The van der Waals surface area contributed by atoms with Crippen molar-refractivity contribution in [3.63, 3.8) is 0 Å². The average Bonchev–Trinajstić information content (AvgIpc) is 2.16. The minimum Gasteiger partial charge on any atom is -0.393 e. The molecule has 0 radical (unpaired) electrons. The summed E-state index contributed by atoms with van der Waals surface area (Å²) in [4.78, 5) is 15.2. The van der Waals surface area contributed by atoms with Crippen molar-refractivity contribution < 1.29 is 14.3 Å². The molecule has 2 N–H and O–H groups in total. The molecule has 0 saturated heterocycles. The van der Waals surface area contributed by atoms with E-state index < -0.39 is 11.9 Å².